The van der Waals surface area contributed by atoms with Gasteiger partial charge in [-0.3, -0.25) is 4.90 Å². The van der Waals surface area contributed by atoms with Crippen molar-refractivity contribution in [1.82, 2.24) is 14.9 Å². The van der Waals surface area contributed by atoms with Gasteiger partial charge in [0.05, 0.1) is 6.10 Å². The molecule has 1 aliphatic rings. The highest BCUT2D eigenvalue weighted by molar-refractivity contribution is 5.48. The Morgan fingerprint density at radius 2 is 1.87 bits per heavy atom. The molecule has 1 saturated heterocycles. The van der Waals surface area contributed by atoms with E-state index in [-0.39, 0.29) is 0 Å². The van der Waals surface area contributed by atoms with E-state index in [2.05, 4.69) is 19.8 Å². The van der Waals surface area contributed by atoms with Crippen molar-refractivity contribution in [3.63, 3.8) is 0 Å². The topological polar surface area (TPSA) is 78.5 Å². The van der Waals surface area contributed by atoms with Crippen LogP contribution in [-0.2, 0) is 0 Å². The number of β-amino-alcohol motifs (C(OH)–C–C–N with tert-alkyl or cyclic N) is 1. The number of aryl methyl sites for hydroxylation is 1. The second-order valence-electron chi connectivity index (χ2n) is 5.97. The minimum Gasteiger partial charge on any atom is -0.399 e. The van der Waals surface area contributed by atoms with Crippen molar-refractivity contribution in [1.29, 1.82) is 0 Å². The van der Waals surface area contributed by atoms with Crippen molar-refractivity contribution in [2.24, 2.45) is 0 Å². The van der Waals surface area contributed by atoms with Crippen LogP contribution in [0.2, 0.25) is 0 Å². The third-order valence-corrected chi connectivity index (χ3v) is 4.33. The normalized spacial score (nSPS) is 17.2. The summed E-state index contributed by atoms with van der Waals surface area (Å²) in [7, 11) is 0. The summed E-state index contributed by atoms with van der Waals surface area (Å²) in [6.07, 6.45) is 3.01. The first-order valence-electron chi connectivity index (χ1n) is 7.92. The molecule has 2 aromatic rings. The Hall–Kier alpha value is -2.18. The zero-order valence-corrected chi connectivity index (χ0v) is 13.4. The lowest BCUT2D eigenvalue weighted by atomic mass is 10.1. The average molecular weight is 313 g/mol. The molecule has 0 aliphatic carbocycles. The average Bonchev–Trinajstić information content (AvgIpc) is 2.59. The van der Waals surface area contributed by atoms with Gasteiger partial charge in [0.15, 0.2) is 0 Å². The summed E-state index contributed by atoms with van der Waals surface area (Å²) < 4.78 is 0. The molecule has 1 fully saturated rings. The molecule has 0 spiro atoms. The van der Waals surface area contributed by atoms with Crippen LogP contribution < -0.4 is 10.6 Å². The number of aliphatic hydroxyl groups excluding tert-OH is 1. The number of benzene rings is 1. The Kier molecular flexibility index (Phi) is 4.73. The van der Waals surface area contributed by atoms with E-state index < -0.39 is 6.10 Å². The summed E-state index contributed by atoms with van der Waals surface area (Å²) in [5.41, 5.74) is 8.57. The van der Waals surface area contributed by atoms with Gasteiger partial charge >= 0.3 is 0 Å². The molecule has 1 atom stereocenters. The lowest BCUT2D eigenvalue weighted by Crippen LogP contribution is -2.48. The van der Waals surface area contributed by atoms with E-state index in [1.165, 1.54) is 0 Å². The third-order valence-electron chi connectivity index (χ3n) is 4.33. The van der Waals surface area contributed by atoms with Crippen molar-refractivity contribution in [3.05, 3.63) is 47.8 Å². The van der Waals surface area contributed by atoms with Gasteiger partial charge in [0.25, 0.3) is 0 Å². The van der Waals surface area contributed by atoms with Gasteiger partial charge in [-0.25, -0.2) is 9.97 Å². The van der Waals surface area contributed by atoms with Crippen LogP contribution >= 0.6 is 0 Å². The fourth-order valence-electron chi connectivity index (χ4n) is 2.80. The van der Waals surface area contributed by atoms with E-state index in [1.54, 1.807) is 12.4 Å². The number of nitrogens with two attached hydrogens (primary N) is 1. The minimum atomic E-state index is -0.516. The standard InChI is InChI=1S/C17H23N5O/c1-13-3-4-14(11-15(13)18)16(23)12-21-7-9-22(10-8-21)17-19-5-2-6-20-17/h2-6,11,16,23H,7-10,12,18H2,1H3. The van der Waals surface area contributed by atoms with E-state index in [0.717, 1.165) is 48.9 Å². The molecule has 6 nitrogen and oxygen atoms in total. The molecule has 1 aromatic heterocycles. The van der Waals surface area contributed by atoms with E-state index >= 15 is 0 Å². The summed E-state index contributed by atoms with van der Waals surface area (Å²) in [5.74, 6) is 0.777. The van der Waals surface area contributed by atoms with Gasteiger partial charge < -0.3 is 15.7 Å². The highest BCUT2D eigenvalue weighted by atomic mass is 16.3. The number of anilines is 2. The number of nitrogens with zero attached hydrogens (tertiary/aromatic N) is 4. The smallest absolute Gasteiger partial charge is 0.225 e. The second-order valence-corrected chi connectivity index (χ2v) is 5.97. The summed E-state index contributed by atoms with van der Waals surface area (Å²) >= 11 is 0. The van der Waals surface area contributed by atoms with Gasteiger partial charge in [0, 0.05) is 50.8 Å². The molecular weight excluding hydrogens is 290 g/mol. The summed E-state index contributed by atoms with van der Waals surface area (Å²) in [5, 5.41) is 10.4. The van der Waals surface area contributed by atoms with Gasteiger partial charge in [0.2, 0.25) is 5.95 Å². The van der Waals surface area contributed by atoms with E-state index in [1.807, 2.05) is 31.2 Å². The maximum absolute atomic E-state index is 10.4. The SMILES string of the molecule is Cc1ccc(C(O)CN2CCN(c3ncccn3)CC2)cc1N. The first kappa shape index (κ1) is 15.7. The minimum absolute atomic E-state index is 0.516. The third kappa shape index (κ3) is 3.78. The molecule has 0 amide bonds. The van der Waals surface area contributed by atoms with Gasteiger partial charge in [0.1, 0.15) is 0 Å². The number of hydrogen-bond donors (Lipinski definition) is 2. The Labute approximate surface area is 136 Å². The number of aliphatic hydroxyl groups is 1. The largest absolute Gasteiger partial charge is 0.399 e. The quantitative estimate of drug-likeness (QED) is 0.827. The molecule has 122 valence electrons. The first-order chi connectivity index (χ1) is 11.1. The predicted molar refractivity (Wildman–Crippen MR) is 91.2 cm³/mol. The zero-order valence-electron chi connectivity index (χ0n) is 13.4. The van der Waals surface area contributed by atoms with Crippen LogP contribution in [-0.4, -0.2) is 52.7 Å². The number of nitrogen functional groups attached to an aromatic ring is 1. The lowest BCUT2D eigenvalue weighted by Gasteiger charge is -2.35. The van der Waals surface area contributed by atoms with E-state index in [0.29, 0.717) is 6.54 Å². The molecule has 23 heavy (non-hydrogen) atoms. The van der Waals surface area contributed by atoms with Gasteiger partial charge in [-0.15, -0.1) is 0 Å². The zero-order chi connectivity index (χ0) is 16.2. The van der Waals surface area contributed by atoms with E-state index in [4.69, 9.17) is 5.73 Å². The highest BCUT2D eigenvalue weighted by Crippen LogP contribution is 2.20. The van der Waals surface area contributed by atoms with Crippen LogP contribution in [0, 0.1) is 6.92 Å². The van der Waals surface area contributed by atoms with Gasteiger partial charge in [-0.05, 0) is 30.2 Å². The highest BCUT2D eigenvalue weighted by Gasteiger charge is 2.21. The number of piperazine rings is 1. The molecule has 2 heterocycles. The van der Waals surface area contributed by atoms with Gasteiger partial charge in [-0.2, -0.15) is 0 Å². The summed E-state index contributed by atoms with van der Waals surface area (Å²) in [4.78, 5) is 13.0. The maximum Gasteiger partial charge on any atom is 0.225 e. The molecule has 6 heteroatoms. The predicted octanol–water partition coefficient (Wildman–Crippen LogP) is 1.22. The summed E-state index contributed by atoms with van der Waals surface area (Å²) in [6.45, 7) is 6.09. The second kappa shape index (κ2) is 6.93. The molecule has 0 saturated carbocycles. The summed E-state index contributed by atoms with van der Waals surface area (Å²) in [6, 6.07) is 7.60. The Bertz CT molecular complexity index is 641. The first-order valence-corrected chi connectivity index (χ1v) is 7.92. The number of aromatic nitrogens is 2. The molecule has 3 N–H and O–H groups in total. The monoisotopic (exact) mass is 313 g/mol. The Morgan fingerprint density at radius 3 is 2.52 bits per heavy atom. The molecule has 1 aromatic carbocycles. The molecule has 0 radical (unpaired) electrons. The van der Waals surface area contributed by atoms with Crippen molar-refractivity contribution in [2.45, 2.75) is 13.0 Å². The van der Waals surface area contributed by atoms with Crippen molar-refractivity contribution >= 4 is 11.6 Å². The van der Waals surface area contributed by atoms with Crippen LogP contribution in [0.4, 0.5) is 11.6 Å². The fraction of sp³-hybridized carbons (Fsp3) is 0.412. The fourth-order valence-corrected chi connectivity index (χ4v) is 2.80. The lowest BCUT2D eigenvalue weighted by molar-refractivity contribution is 0.109. The van der Waals surface area contributed by atoms with E-state index in [9.17, 15) is 5.11 Å². The Balaban J connectivity index is 1.55. The van der Waals surface area contributed by atoms with Crippen LogP contribution in [0.25, 0.3) is 0 Å². The van der Waals surface area contributed by atoms with Crippen LogP contribution in [0.3, 0.4) is 0 Å². The number of hydrogen-bond acceptors (Lipinski definition) is 6. The van der Waals surface area contributed by atoms with Crippen LogP contribution in [0.15, 0.2) is 36.7 Å². The molecule has 1 unspecified atom stereocenters. The molecular formula is C17H23N5O. The van der Waals surface area contributed by atoms with Crippen LogP contribution in [0.5, 0.6) is 0 Å². The maximum atomic E-state index is 10.4. The molecule has 1 aliphatic heterocycles. The van der Waals surface area contributed by atoms with Gasteiger partial charge in [-0.1, -0.05) is 12.1 Å². The molecule has 0 bridgehead atoms. The Morgan fingerprint density at radius 1 is 1.17 bits per heavy atom. The van der Waals surface area contributed by atoms with Crippen molar-refractivity contribution in [3.8, 4) is 0 Å². The molecule has 3 rings (SSSR count). The van der Waals surface area contributed by atoms with Crippen molar-refractivity contribution < 1.29 is 5.11 Å². The van der Waals surface area contributed by atoms with Crippen LogP contribution in [0.1, 0.15) is 17.2 Å². The van der Waals surface area contributed by atoms with Crippen molar-refractivity contribution in [2.75, 3.05) is 43.4 Å². The number of rotatable bonds is 4.